The number of methoxy groups -OCH3 is 1. The van der Waals surface area contributed by atoms with Crippen LogP contribution in [-0.2, 0) is 6.42 Å². The molecule has 1 aliphatic heterocycles. The second-order valence-corrected chi connectivity index (χ2v) is 7.11. The number of rotatable bonds is 7. The first kappa shape index (κ1) is 19.9. The molecule has 1 saturated heterocycles. The minimum Gasteiger partial charge on any atom is -0.497 e. The number of benzene rings is 1. The first-order valence-corrected chi connectivity index (χ1v) is 9.98. The zero-order valence-corrected chi connectivity index (χ0v) is 17.1. The Morgan fingerprint density at radius 1 is 1.27 bits per heavy atom. The van der Waals surface area contributed by atoms with Gasteiger partial charge in [0.1, 0.15) is 11.6 Å². The van der Waals surface area contributed by atoms with Crippen molar-refractivity contribution < 1.29 is 14.6 Å². The molecular weight excluding hydrogens is 382 g/mol. The first-order valence-electron chi connectivity index (χ1n) is 9.98. The van der Waals surface area contributed by atoms with E-state index in [2.05, 4.69) is 10.2 Å². The number of nitrogens with one attached hydrogen (secondary N) is 1. The van der Waals surface area contributed by atoms with Crippen LogP contribution >= 0.6 is 0 Å². The predicted octanol–water partition coefficient (Wildman–Crippen LogP) is 3.02. The number of anilines is 1. The number of aromatic nitrogens is 3. The molecule has 1 unspecified atom stereocenters. The molecule has 8 nitrogen and oxygen atoms in total. The van der Waals surface area contributed by atoms with Crippen molar-refractivity contribution >= 4 is 11.8 Å². The van der Waals surface area contributed by atoms with Crippen molar-refractivity contribution in [2.24, 2.45) is 0 Å². The summed E-state index contributed by atoms with van der Waals surface area (Å²) >= 11 is 0. The van der Waals surface area contributed by atoms with Gasteiger partial charge in [0.05, 0.1) is 31.6 Å². The van der Waals surface area contributed by atoms with Gasteiger partial charge in [-0.25, -0.2) is 9.78 Å². The molecule has 30 heavy (non-hydrogen) atoms. The van der Waals surface area contributed by atoms with Gasteiger partial charge in [-0.2, -0.15) is 5.10 Å². The highest BCUT2D eigenvalue weighted by Gasteiger charge is 2.36. The van der Waals surface area contributed by atoms with Crippen molar-refractivity contribution in [1.82, 2.24) is 20.1 Å². The Labute approximate surface area is 175 Å². The molecule has 4 rings (SSSR count). The normalized spacial score (nSPS) is 15.0. The molecule has 3 heterocycles. The summed E-state index contributed by atoms with van der Waals surface area (Å²) in [6.45, 7) is 2.90. The van der Waals surface area contributed by atoms with Gasteiger partial charge in [-0.15, -0.1) is 0 Å². The summed E-state index contributed by atoms with van der Waals surface area (Å²) in [5, 5.41) is 16.9. The third kappa shape index (κ3) is 3.61. The van der Waals surface area contributed by atoms with Crippen LogP contribution in [0.5, 0.6) is 5.75 Å². The van der Waals surface area contributed by atoms with Gasteiger partial charge >= 0.3 is 6.03 Å². The van der Waals surface area contributed by atoms with Crippen LogP contribution in [0, 0.1) is 0 Å². The number of hydrogen-bond acceptors (Lipinski definition) is 5. The number of aliphatic hydroxyl groups excluding tert-OH is 1. The van der Waals surface area contributed by atoms with Crippen LogP contribution in [0.4, 0.5) is 10.6 Å². The highest BCUT2D eigenvalue weighted by molar-refractivity contribution is 5.93. The van der Waals surface area contributed by atoms with E-state index in [-0.39, 0.29) is 12.6 Å². The molecule has 8 heteroatoms. The third-order valence-corrected chi connectivity index (χ3v) is 5.45. The van der Waals surface area contributed by atoms with E-state index in [1.165, 1.54) is 0 Å². The van der Waals surface area contributed by atoms with Gasteiger partial charge in [0.25, 0.3) is 0 Å². The van der Waals surface area contributed by atoms with Gasteiger partial charge in [0.2, 0.25) is 0 Å². The highest BCUT2D eigenvalue weighted by Crippen LogP contribution is 2.31. The molecule has 0 bridgehead atoms. The van der Waals surface area contributed by atoms with E-state index in [0.717, 1.165) is 28.8 Å². The molecule has 0 aliphatic carbocycles. The molecule has 0 spiro atoms. The van der Waals surface area contributed by atoms with E-state index in [1.54, 1.807) is 23.1 Å². The second kappa shape index (κ2) is 8.54. The average molecular weight is 407 g/mol. The smallest absolute Gasteiger partial charge is 0.326 e. The maximum atomic E-state index is 13.2. The van der Waals surface area contributed by atoms with Crippen molar-refractivity contribution in [3.05, 3.63) is 60.0 Å². The van der Waals surface area contributed by atoms with Gasteiger partial charge in [0, 0.05) is 30.4 Å². The second-order valence-electron chi connectivity index (χ2n) is 7.11. The number of amides is 2. The number of pyridine rings is 1. The molecule has 156 valence electrons. The van der Waals surface area contributed by atoms with Gasteiger partial charge in [0.15, 0.2) is 0 Å². The zero-order chi connectivity index (χ0) is 21.1. The fourth-order valence-corrected chi connectivity index (χ4v) is 3.86. The molecule has 2 N–H and O–H groups in total. The van der Waals surface area contributed by atoms with E-state index in [9.17, 15) is 9.90 Å². The first-order chi connectivity index (χ1) is 14.7. The fourth-order valence-electron chi connectivity index (χ4n) is 3.86. The molecule has 2 amide bonds. The number of hydrogen-bond donors (Lipinski definition) is 2. The lowest BCUT2D eigenvalue weighted by Gasteiger charge is -2.27. The summed E-state index contributed by atoms with van der Waals surface area (Å²) < 4.78 is 5.28. The molecule has 2 aromatic heterocycles. The molecule has 0 radical (unpaired) electrons. The maximum absolute atomic E-state index is 13.2. The minimum absolute atomic E-state index is 0.164. The Morgan fingerprint density at radius 3 is 2.83 bits per heavy atom. The summed E-state index contributed by atoms with van der Waals surface area (Å²) in [6, 6.07) is 10.7. The van der Waals surface area contributed by atoms with Crippen molar-refractivity contribution in [3.8, 4) is 16.9 Å². The lowest BCUT2D eigenvalue weighted by atomic mass is 10.1. The fraction of sp³-hybridized carbons (Fsp3) is 0.318. The van der Waals surface area contributed by atoms with Gasteiger partial charge in [-0.05, 0) is 36.2 Å². The maximum Gasteiger partial charge on any atom is 0.326 e. The number of aromatic amines is 1. The number of aryl methyl sites for hydroxylation is 1. The number of nitrogens with zero attached hydrogens (tertiary/aromatic N) is 4. The molecule has 3 aromatic rings. The number of carbonyl (C=O) groups excluding carboxylic acids is 1. The number of aliphatic hydroxyl groups is 1. The topological polar surface area (TPSA) is 94.6 Å². The van der Waals surface area contributed by atoms with E-state index >= 15 is 0 Å². The van der Waals surface area contributed by atoms with Crippen LogP contribution < -0.4 is 9.64 Å². The van der Waals surface area contributed by atoms with Crippen molar-refractivity contribution in [1.29, 1.82) is 0 Å². The summed E-state index contributed by atoms with van der Waals surface area (Å²) in [5.74, 6) is 1.31. The zero-order valence-electron chi connectivity index (χ0n) is 17.1. The van der Waals surface area contributed by atoms with Crippen molar-refractivity contribution in [3.63, 3.8) is 0 Å². The Balaban J connectivity index is 1.59. The van der Waals surface area contributed by atoms with Gasteiger partial charge in [-0.1, -0.05) is 19.1 Å². The van der Waals surface area contributed by atoms with Crippen molar-refractivity contribution in [2.45, 2.75) is 19.4 Å². The number of H-pyrrole nitrogens is 1. The monoisotopic (exact) mass is 407 g/mol. The van der Waals surface area contributed by atoms with E-state index in [0.29, 0.717) is 24.7 Å². The molecule has 1 aromatic carbocycles. The van der Waals surface area contributed by atoms with Crippen LogP contribution in [0.25, 0.3) is 11.1 Å². The van der Waals surface area contributed by atoms with Gasteiger partial charge in [-0.3, -0.25) is 10.00 Å². The molecular formula is C22H25N5O3. The Morgan fingerprint density at radius 2 is 2.13 bits per heavy atom. The van der Waals surface area contributed by atoms with E-state index < -0.39 is 6.04 Å². The van der Waals surface area contributed by atoms with Crippen LogP contribution in [0.3, 0.4) is 0 Å². The Kier molecular flexibility index (Phi) is 5.67. The van der Waals surface area contributed by atoms with Crippen LogP contribution in [0.2, 0.25) is 0 Å². The molecule has 1 aliphatic rings. The average Bonchev–Trinajstić information content (AvgIpc) is 3.45. The van der Waals surface area contributed by atoms with Crippen LogP contribution in [0.15, 0.2) is 48.8 Å². The summed E-state index contributed by atoms with van der Waals surface area (Å²) in [7, 11) is 1.60. The Bertz CT molecular complexity index is 1020. The Hall–Kier alpha value is -3.39. The largest absolute Gasteiger partial charge is 0.497 e. The van der Waals surface area contributed by atoms with E-state index in [1.807, 2.05) is 49.5 Å². The lowest BCUT2D eigenvalue weighted by Crippen LogP contribution is -2.36. The van der Waals surface area contributed by atoms with Crippen LogP contribution in [0.1, 0.15) is 24.2 Å². The molecule has 1 fully saturated rings. The summed E-state index contributed by atoms with van der Waals surface area (Å²) in [4.78, 5) is 21.3. The highest BCUT2D eigenvalue weighted by atomic mass is 16.5. The van der Waals surface area contributed by atoms with E-state index in [4.69, 9.17) is 9.72 Å². The number of urea groups is 1. The quantitative estimate of drug-likeness (QED) is 0.628. The molecule has 1 atom stereocenters. The summed E-state index contributed by atoms with van der Waals surface area (Å²) in [6.07, 6.45) is 4.33. The summed E-state index contributed by atoms with van der Waals surface area (Å²) in [5.41, 5.74) is 3.72. The number of carbonyl (C=O) groups is 1. The minimum atomic E-state index is -0.437. The van der Waals surface area contributed by atoms with Gasteiger partial charge < -0.3 is 14.7 Å². The standard InChI is InChI=1S/C22H25N5O3/c1-3-19-18(16-12-23-24-13-16)7-8-21(25-19)27-10-9-26(22(27)29)20(14-28)15-5-4-6-17(11-15)30-2/h4-8,11-13,20,28H,3,9-10,14H2,1-2H3,(H,23,24). The van der Waals surface area contributed by atoms with Crippen molar-refractivity contribution in [2.75, 3.05) is 31.7 Å². The predicted molar refractivity (Wildman–Crippen MR) is 113 cm³/mol. The molecule has 0 saturated carbocycles. The third-order valence-electron chi connectivity index (χ3n) is 5.45. The SMILES string of the molecule is CCc1nc(N2CCN(C(CO)c3cccc(OC)c3)C2=O)ccc1-c1cn[nH]c1. The lowest BCUT2D eigenvalue weighted by molar-refractivity contribution is 0.153. The number of ether oxygens (including phenoxy) is 1. The van der Waals surface area contributed by atoms with Crippen LogP contribution in [-0.4, -0.2) is 58.0 Å².